The van der Waals surface area contributed by atoms with Crippen LogP contribution in [0.15, 0.2) is 63.7 Å². The summed E-state index contributed by atoms with van der Waals surface area (Å²) in [6, 6.07) is 13.7. The van der Waals surface area contributed by atoms with Crippen LogP contribution in [0.4, 0.5) is 0 Å². The number of pyridine rings is 1. The van der Waals surface area contributed by atoms with E-state index in [0.717, 1.165) is 27.1 Å². The molecule has 3 rings (SSSR count). The van der Waals surface area contributed by atoms with E-state index in [2.05, 4.69) is 33.4 Å². The highest BCUT2D eigenvalue weighted by Crippen LogP contribution is 2.36. The molecule has 8 heteroatoms. The van der Waals surface area contributed by atoms with Crippen molar-refractivity contribution in [2.24, 2.45) is 5.11 Å². The monoisotopic (exact) mass is 412 g/mol. The Bertz CT molecular complexity index is 980. The summed E-state index contributed by atoms with van der Waals surface area (Å²) in [5.41, 5.74) is 10.6. The largest absolute Gasteiger partial charge is 0.317 e. The van der Waals surface area contributed by atoms with Gasteiger partial charge in [0.1, 0.15) is 10.9 Å². The molecule has 0 radical (unpaired) electrons. The number of azide groups is 1. The maximum atomic E-state index is 8.62. The van der Waals surface area contributed by atoms with E-state index < -0.39 is 0 Å². The second-order valence-electron chi connectivity index (χ2n) is 6.54. The summed E-state index contributed by atoms with van der Waals surface area (Å²) in [7, 11) is 0. The molecule has 0 atom stereocenters. The van der Waals surface area contributed by atoms with Gasteiger partial charge in [-0.2, -0.15) is 0 Å². The lowest BCUT2D eigenvalue weighted by Gasteiger charge is -2.13. The SMILES string of the molecule is CC(C)c1nc(CCN=[N+]=[N-])n(Cc2ccccn2)c1Sc1cccc(Cl)c1. The average molecular weight is 413 g/mol. The van der Waals surface area contributed by atoms with Crippen LogP contribution in [0.3, 0.4) is 0 Å². The smallest absolute Gasteiger partial charge is 0.110 e. The zero-order chi connectivity index (χ0) is 19.9. The van der Waals surface area contributed by atoms with Crippen molar-refractivity contribution < 1.29 is 0 Å². The highest BCUT2D eigenvalue weighted by atomic mass is 35.5. The van der Waals surface area contributed by atoms with Crippen molar-refractivity contribution in [1.82, 2.24) is 14.5 Å². The van der Waals surface area contributed by atoms with E-state index in [1.165, 1.54) is 0 Å². The molecule has 0 fully saturated rings. The van der Waals surface area contributed by atoms with Crippen molar-refractivity contribution in [3.8, 4) is 0 Å². The third kappa shape index (κ3) is 5.07. The Morgan fingerprint density at radius 2 is 2.11 bits per heavy atom. The van der Waals surface area contributed by atoms with E-state index in [-0.39, 0.29) is 5.92 Å². The van der Waals surface area contributed by atoms with Gasteiger partial charge in [-0.25, -0.2) is 4.98 Å². The number of aromatic nitrogens is 3. The standard InChI is InChI=1S/C20H21ClN6S/c1-14(2)19-20(28-17-8-5-6-15(21)12-17)27(13-16-7-3-4-10-23-16)18(25-19)9-11-24-26-22/h3-8,10,12,14H,9,11,13H2,1-2H3. The van der Waals surface area contributed by atoms with Gasteiger partial charge < -0.3 is 4.57 Å². The van der Waals surface area contributed by atoms with E-state index in [9.17, 15) is 0 Å². The van der Waals surface area contributed by atoms with Crippen molar-refractivity contribution in [2.45, 2.75) is 42.7 Å². The molecule has 6 nitrogen and oxygen atoms in total. The molecule has 0 bridgehead atoms. The van der Waals surface area contributed by atoms with Crippen LogP contribution in [0.2, 0.25) is 5.02 Å². The van der Waals surface area contributed by atoms with Crippen molar-refractivity contribution in [2.75, 3.05) is 6.54 Å². The number of rotatable bonds is 8. The molecular weight excluding hydrogens is 392 g/mol. The quantitative estimate of drug-likeness (QED) is 0.254. The van der Waals surface area contributed by atoms with Gasteiger partial charge in [-0.15, -0.1) is 0 Å². The van der Waals surface area contributed by atoms with Gasteiger partial charge in [0, 0.05) is 34.0 Å². The summed E-state index contributed by atoms with van der Waals surface area (Å²) in [4.78, 5) is 13.3. The Labute approximate surface area is 173 Å². The van der Waals surface area contributed by atoms with Crippen LogP contribution in [0, 0.1) is 0 Å². The second-order valence-corrected chi connectivity index (χ2v) is 8.04. The van der Waals surface area contributed by atoms with Gasteiger partial charge in [-0.05, 0) is 41.8 Å². The zero-order valence-corrected chi connectivity index (χ0v) is 17.4. The van der Waals surface area contributed by atoms with Crippen LogP contribution in [-0.2, 0) is 13.0 Å². The molecule has 3 aromatic rings. The molecule has 28 heavy (non-hydrogen) atoms. The third-order valence-corrected chi connectivity index (χ3v) is 5.48. The van der Waals surface area contributed by atoms with E-state index in [4.69, 9.17) is 22.1 Å². The lowest BCUT2D eigenvalue weighted by Crippen LogP contribution is -2.09. The topological polar surface area (TPSA) is 79.5 Å². The summed E-state index contributed by atoms with van der Waals surface area (Å²) >= 11 is 7.83. The van der Waals surface area contributed by atoms with Crippen molar-refractivity contribution in [3.05, 3.63) is 81.3 Å². The molecule has 2 aromatic heterocycles. The van der Waals surface area contributed by atoms with Crippen molar-refractivity contribution in [1.29, 1.82) is 0 Å². The molecule has 0 aliphatic heterocycles. The van der Waals surface area contributed by atoms with Crippen molar-refractivity contribution in [3.63, 3.8) is 0 Å². The van der Waals surface area contributed by atoms with E-state index >= 15 is 0 Å². The van der Waals surface area contributed by atoms with Gasteiger partial charge >= 0.3 is 0 Å². The molecule has 0 aliphatic carbocycles. The molecule has 144 valence electrons. The number of hydrogen-bond acceptors (Lipinski definition) is 4. The first-order valence-corrected chi connectivity index (χ1v) is 10.2. The van der Waals surface area contributed by atoms with Gasteiger partial charge in [0.05, 0.1) is 17.9 Å². The molecule has 0 aliphatic rings. The fraction of sp³-hybridized carbons (Fsp3) is 0.300. The highest BCUT2D eigenvalue weighted by molar-refractivity contribution is 7.99. The van der Waals surface area contributed by atoms with Crippen LogP contribution in [0.1, 0.15) is 37.0 Å². The number of nitrogens with zero attached hydrogens (tertiary/aromatic N) is 6. The van der Waals surface area contributed by atoms with Gasteiger partial charge in [0.2, 0.25) is 0 Å². The Hall–Kier alpha value is -2.47. The van der Waals surface area contributed by atoms with Crippen molar-refractivity contribution >= 4 is 23.4 Å². The highest BCUT2D eigenvalue weighted by Gasteiger charge is 2.21. The molecular formula is C20H21ClN6S. The minimum atomic E-state index is 0.255. The number of hydrogen-bond donors (Lipinski definition) is 0. The normalized spacial score (nSPS) is 10.9. The molecule has 0 saturated carbocycles. The summed E-state index contributed by atoms with van der Waals surface area (Å²) in [5, 5.41) is 5.45. The molecule has 0 saturated heterocycles. The lowest BCUT2D eigenvalue weighted by atomic mass is 10.1. The van der Waals surface area contributed by atoms with E-state index in [1.807, 2.05) is 42.5 Å². The second kappa shape index (κ2) is 9.64. The predicted octanol–water partition coefficient (Wildman–Crippen LogP) is 6.11. The molecule has 0 amide bonds. The van der Waals surface area contributed by atoms with E-state index in [1.54, 1.807) is 18.0 Å². The predicted molar refractivity (Wildman–Crippen MR) is 113 cm³/mol. The molecule has 0 spiro atoms. The van der Waals surface area contributed by atoms with Gasteiger partial charge in [-0.3, -0.25) is 4.98 Å². The summed E-state index contributed by atoms with van der Waals surface area (Å²) in [6.45, 7) is 5.24. The van der Waals surface area contributed by atoms with Crippen LogP contribution in [0.25, 0.3) is 10.4 Å². The summed E-state index contributed by atoms with van der Waals surface area (Å²) in [6.07, 6.45) is 2.37. The molecule has 0 N–H and O–H groups in total. The molecule has 0 unspecified atom stereocenters. The minimum Gasteiger partial charge on any atom is -0.317 e. The van der Waals surface area contributed by atoms with Gasteiger partial charge in [0.15, 0.2) is 0 Å². The summed E-state index contributed by atoms with van der Waals surface area (Å²) < 4.78 is 2.18. The van der Waals surface area contributed by atoms with Crippen LogP contribution in [0.5, 0.6) is 0 Å². The molecule has 2 heterocycles. The first-order valence-electron chi connectivity index (χ1n) is 9.02. The first-order chi connectivity index (χ1) is 13.6. The minimum absolute atomic E-state index is 0.255. The number of halogens is 1. The maximum absolute atomic E-state index is 8.62. The Morgan fingerprint density at radius 1 is 1.25 bits per heavy atom. The number of benzene rings is 1. The number of imidazole rings is 1. The van der Waals surface area contributed by atoms with Crippen LogP contribution < -0.4 is 0 Å². The van der Waals surface area contributed by atoms with Crippen LogP contribution >= 0.6 is 23.4 Å². The Morgan fingerprint density at radius 3 is 2.79 bits per heavy atom. The Balaban J connectivity index is 2.05. The lowest BCUT2D eigenvalue weighted by molar-refractivity contribution is 0.653. The zero-order valence-electron chi connectivity index (χ0n) is 15.8. The first kappa shape index (κ1) is 20.3. The van der Waals surface area contributed by atoms with E-state index in [0.29, 0.717) is 24.5 Å². The third-order valence-electron chi connectivity index (χ3n) is 4.13. The fourth-order valence-corrected chi connectivity index (χ4v) is 4.31. The maximum Gasteiger partial charge on any atom is 0.110 e. The molecule has 1 aromatic carbocycles. The summed E-state index contributed by atoms with van der Waals surface area (Å²) in [5.74, 6) is 1.15. The fourth-order valence-electron chi connectivity index (χ4n) is 2.83. The van der Waals surface area contributed by atoms with Crippen LogP contribution in [-0.4, -0.2) is 21.1 Å². The van der Waals surface area contributed by atoms with Gasteiger partial charge in [-0.1, -0.05) is 54.5 Å². The van der Waals surface area contributed by atoms with Gasteiger partial charge in [0.25, 0.3) is 0 Å². The Kier molecular flexibility index (Phi) is 6.98. The average Bonchev–Trinajstić information content (AvgIpc) is 3.01.